The zero-order chi connectivity index (χ0) is 19.6. The maximum Gasteiger partial charge on any atom is 0.193 e. The SMILES string of the molecule is CCNC(=NCCN1CCN(CC)CC1)N1CCC(CSc2ccccc2)C1.I. The minimum atomic E-state index is 0. The second-order valence-electron chi connectivity index (χ2n) is 7.74. The van der Waals surface area contributed by atoms with Gasteiger partial charge in [-0.05, 0) is 37.9 Å². The number of hydrogen-bond donors (Lipinski definition) is 1. The summed E-state index contributed by atoms with van der Waals surface area (Å²) in [6, 6.07) is 10.8. The van der Waals surface area contributed by atoms with Crippen LogP contribution in [0.25, 0.3) is 0 Å². The van der Waals surface area contributed by atoms with Crippen molar-refractivity contribution in [3.63, 3.8) is 0 Å². The first-order valence-electron chi connectivity index (χ1n) is 10.9. The molecule has 1 aromatic carbocycles. The Morgan fingerprint density at radius 1 is 1.07 bits per heavy atom. The van der Waals surface area contributed by atoms with E-state index in [9.17, 15) is 0 Å². The summed E-state index contributed by atoms with van der Waals surface area (Å²) in [5, 5.41) is 3.52. The molecule has 0 aromatic heterocycles. The van der Waals surface area contributed by atoms with Crippen LogP contribution in [0.2, 0.25) is 0 Å². The molecule has 5 nitrogen and oxygen atoms in total. The Labute approximate surface area is 198 Å². The Morgan fingerprint density at radius 2 is 1.79 bits per heavy atom. The number of aliphatic imine (C=N–C) groups is 1. The summed E-state index contributed by atoms with van der Waals surface area (Å²) >= 11 is 1.99. The Kier molecular flexibility index (Phi) is 11.7. The maximum absolute atomic E-state index is 4.95. The second kappa shape index (κ2) is 13.7. The van der Waals surface area contributed by atoms with E-state index in [1.165, 1.54) is 49.8 Å². The minimum Gasteiger partial charge on any atom is -0.357 e. The highest BCUT2D eigenvalue weighted by atomic mass is 127. The number of halogens is 1. The molecule has 7 heteroatoms. The second-order valence-corrected chi connectivity index (χ2v) is 8.83. The lowest BCUT2D eigenvalue weighted by Crippen LogP contribution is -2.47. The quantitative estimate of drug-likeness (QED) is 0.241. The molecule has 0 saturated carbocycles. The van der Waals surface area contributed by atoms with Crippen LogP contribution in [0.15, 0.2) is 40.2 Å². The molecule has 2 heterocycles. The highest BCUT2D eigenvalue weighted by molar-refractivity contribution is 14.0. The molecule has 1 unspecified atom stereocenters. The zero-order valence-corrected chi connectivity index (χ0v) is 21.2. The van der Waals surface area contributed by atoms with Crippen LogP contribution in [0.4, 0.5) is 0 Å². The van der Waals surface area contributed by atoms with Crippen molar-refractivity contribution in [3.05, 3.63) is 30.3 Å². The van der Waals surface area contributed by atoms with Crippen LogP contribution in [0.5, 0.6) is 0 Å². The van der Waals surface area contributed by atoms with E-state index in [1.807, 2.05) is 11.8 Å². The van der Waals surface area contributed by atoms with Gasteiger partial charge in [0, 0.05) is 63.0 Å². The van der Waals surface area contributed by atoms with Crippen LogP contribution in [0.3, 0.4) is 0 Å². The average molecular weight is 532 g/mol. The smallest absolute Gasteiger partial charge is 0.193 e. The topological polar surface area (TPSA) is 34.1 Å². The van der Waals surface area contributed by atoms with Crippen molar-refractivity contribution in [2.75, 3.05) is 71.2 Å². The van der Waals surface area contributed by atoms with E-state index >= 15 is 0 Å². The summed E-state index contributed by atoms with van der Waals surface area (Å²) in [6.07, 6.45) is 1.27. The summed E-state index contributed by atoms with van der Waals surface area (Å²) in [5.74, 6) is 3.06. The van der Waals surface area contributed by atoms with Crippen LogP contribution >= 0.6 is 35.7 Å². The zero-order valence-electron chi connectivity index (χ0n) is 18.1. The van der Waals surface area contributed by atoms with Crippen LogP contribution < -0.4 is 5.32 Å². The molecule has 164 valence electrons. The predicted molar refractivity (Wildman–Crippen MR) is 137 cm³/mol. The number of thioether (sulfide) groups is 1. The summed E-state index contributed by atoms with van der Waals surface area (Å²) in [7, 11) is 0. The number of piperazine rings is 1. The molecule has 2 saturated heterocycles. The highest BCUT2D eigenvalue weighted by Gasteiger charge is 2.25. The van der Waals surface area contributed by atoms with Gasteiger partial charge in [-0.2, -0.15) is 0 Å². The number of benzene rings is 1. The first-order chi connectivity index (χ1) is 13.8. The standard InChI is InChI=1S/C22H37N5S.HI/c1-3-23-22(24-11-13-26-16-14-25(4-2)15-17-26)27-12-10-20(18-27)19-28-21-8-6-5-7-9-21;/h5-9,20H,3-4,10-19H2,1-2H3,(H,23,24);1H. The number of guanidine groups is 1. The van der Waals surface area contributed by atoms with Crippen molar-refractivity contribution in [1.29, 1.82) is 0 Å². The number of likely N-dealkylation sites (N-methyl/N-ethyl adjacent to an activating group) is 1. The molecule has 1 N–H and O–H groups in total. The molecule has 0 radical (unpaired) electrons. The van der Waals surface area contributed by atoms with Gasteiger partial charge >= 0.3 is 0 Å². The molecule has 0 aliphatic carbocycles. The molecule has 1 aromatic rings. The molecule has 29 heavy (non-hydrogen) atoms. The first kappa shape index (κ1) is 24.8. The van der Waals surface area contributed by atoms with Crippen LogP contribution in [0, 0.1) is 5.92 Å². The van der Waals surface area contributed by atoms with Crippen LogP contribution in [-0.4, -0.2) is 91.9 Å². The predicted octanol–water partition coefficient (Wildman–Crippen LogP) is 3.32. The third-order valence-corrected chi connectivity index (χ3v) is 6.98. The van der Waals surface area contributed by atoms with E-state index < -0.39 is 0 Å². The molecule has 2 aliphatic rings. The summed E-state index contributed by atoms with van der Waals surface area (Å²) < 4.78 is 0. The van der Waals surface area contributed by atoms with Gasteiger partial charge in [-0.1, -0.05) is 25.1 Å². The van der Waals surface area contributed by atoms with Gasteiger partial charge in [-0.15, -0.1) is 35.7 Å². The fourth-order valence-corrected chi connectivity index (χ4v) is 4.99. The van der Waals surface area contributed by atoms with E-state index in [2.05, 4.69) is 64.2 Å². The van der Waals surface area contributed by atoms with Gasteiger partial charge < -0.3 is 15.1 Å². The monoisotopic (exact) mass is 531 g/mol. The van der Waals surface area contributed by atoms with Gasteiger partial charge in [0.2, 0.25) is 0 Å². The molecule has 1 atom stereocenters. The summed E-state index contributed by atoms with van der Waals surface area (Å²) in [5.41, 5.74) is 0. The third kappa shape index (κ3) is 8.26. The Morgan fingerprint density at radius 3 is 2.48 bits per heavy atom. The number of nitrogens with zero attached hydrogens (tertiary/aromatic N) is 4. The van der Waals surface area contributed by atoms with Gasteiger partial charge in [-0.25, -0.2) is 0 Å². The summed E-state index contributed by atoms with van der Waals surface area (Å²) in [6.45, 7) is 15.5. The van der Waals surface area contributed by atoms with E-state index in [1.54, 1.807) is 0 Å². The highest BCUT2D eigenvalue weighted by Crippen LogP contribution is 2.25. The van der Waals surface area contributed by atoms with Crippen molar-refractivity contribution in [3.8, 4) is 0 Å². The lowest BCUT2D eigenvalue weighted by atomic mass is 10.2. The lowest BCUT2D eigenvalue weighted by Gasteiger charge is -2.33. The molecular weight excluding hydrogens is 493 g/mol. The van der Waals surface area contributed by atoms with Gasteiger partial charge in [-0.3, -0.25) is 9.89 Å². The fourth-order valence-electron chi connectivity index (χ4n) is 3.94. The molecule has 0 bridgehead atoms. The maximum atomic E-state index is 4.95. The van der Waals surface area contributed by atoms with Crippen molar-refractivity contribution in [2.45, 2.75) is 25.2 Å². The Hall–Kier alpha value is -0.510. The molecule has 0 spiro atoms. The van der Waals surface area contributed by atoms with Crippen molar-refractivity contribution < 1.29 is 0 Å². The van der Waals surface area contributed by atoms with Gasteiger partial charge in [0.25, 0.3) is 0 Å². The van der Waals surface area contributed by atoms with Crippen molar-refractivity contribution in [1.82, 2.24) is 20.0 Å². The molecule has 2 fully saturated rings. The Balaban J connectivity index is 0.00000300. The van der Waals surface area contributed by atoms with Crippen LogP contribution in [0.1, 0.15) is 20.3 Å². The van der Waals surface area contributed by atoms with Crippen LogP contribution in [-0.2, 0) is 0 Å². The fraction of sp³-hybridized carbons (Fsp3) is 0.682. The number of hydrogen-bond acceptors (Lipinski definition) is 4. The minimum absolute atomic E-state index is 0. The first-order valence-corrected chi connectivity index (χ1v) is 11.9. The largest absolute Gasteiger partial charge is 0.357 e. The molecule has 0 amide bonds. The summed E-state index contributed by atoms with van der Waals surface area (Å²) in [4.78, 5) is 13.9. The van der Waals surface area contributed by atoms with E-state index in [0.29, 0.717) is 0 Å². The van der Waals surface area contributed by atoms with E-state index in [-0.39, 0.29) is 24.0 Å². The molecular formula is C22H38IN5S. The molecule has 2 aliphatic heterocycles. The van der Waals surface area contributed by atoms with E-state index in [4.69, 9.17) is 4.99 Å². The van der Waals surface area contributed by atoms with Crippen molar-refractivity contribution >= 4 is 41.7 Å². The van der Waals surface area contributed by atoms with Gasteiger partial charge in [0.1, 0.15) is 0 Å². The third-order valence-electron chi connectivity index (χ3n) is 5.74. The number of likely N-dealkylation sites (tertiary alicyclic amines) is 1. The number of nitrogens with one attached hydrogen (secondary N) is 1. The lowest BCUT2D eigenvalue weighted by molar-refractivity contribution is 0.140. The van der Waals surface area contributed by atoms with Crippen molar-refractivity contribution in [2.24, 2.45) is 10.9 Å². The van der Waals surface area contributed by atoms with Gasteiger partial charge in [0.15, 0.2) is 5.96 Å². The molecule has 3 rings (SSSR count). The van der Waals surface area contributed by atoms with E-state index in [0.717, 1.165) is 44.6 Å². The average Bonchev–Trinajstić information content (AvgIpc) is 3.22. The normalized spacial score (nSPS) is 21.2. The Bertz CT molecular complexity index is 592. The number of rotatable bonds is 8. The van der Waals surface area contributed by atoms with Gasteiger partial charge in [0.05, 0.1) is 6.54 Å².